The molecule has 1 aliphatic rings. The minimum atomic E-state index is -3.95. The van der Waals surface area contributed by atoms with E-state index in [9.17, 15) is 22.8 Å². The van der Waals surface area contributed by atoms with Crippen molar-refractivity contribution >= 4 is 44.8 Å². The van der Waals surface area contributed by atoms with Crippen LogP contribution in [0.15, 0.2) is 82.7 Å². The number of rotatable bonds is 6. The predicted octanol–water partition coefficient (Wildman–Crippen LogP) is 5.16. The molecule has 0 fully saturated rings. The molecular weight excluding hydrogens is 576 g/mol. The fourth-order valence-electron chi connectivity index (χ4n) is 4.25. The average Bonchev–Trinajstić information content (AvgIpc) is 3.40. The number of carbonyl (C=O) groups is 3. The van der Waals surface area contributed by atoms with Crippen LogP contribution >= 0.6 is 11.3 Å². The Hall–Kier alpha value is -4.55. The van der Waals surface area contributed by atoms with E-state index in [2.05, 4.69) is 20.9 Å². The molecule has 0 saturated heterocycles. The standard InChI is InChI=1S/C30H28N4O6S2/c1-30(2,3)40-29(37)33-15-18-8-10-19(11-9-18)28-32-17-21(41-28)16-31-26(35)20-12-13-25-23(14-20)34-27(36)22-6-4-5-7-24(22)42(25,38)39/h4-14,17H,15-16H2,1-3H3,(H,31,35)(H,33,37)(H,34,36). The second-order valence-corrected chi connectivity index (χ2v) is 13.5. The van der Waals surface area contributed by atoms with Gasteiger partial charge in [0.2, 0.25) is 9.84 Å². The summed E-state index contributed by atoms with van der Waals surface area (Å²) < 4.78 is 31.6. The lowest BCUT2D eigenvalue weighted by atomic mass is 10.1. The normalized spacial score (nSPS) is 13.6. The number of nitrogens with one attached hydrogen (secondary N) is 3. The van der Waals surface area contributed by atoms with Crippen molar-refractivity contribution in [3.05, 3.63) is 94.5 Å². The van der Waals surface area contributed by atoms with Gasteiger partial charge in [-0.3, -0.25) is 9.59 Å². The summed E-state index contributed by atoms with van der Waals surface area (Å²) in [5.41, 5.74) is 1.53. The van der Waals surface area contributed by atoms with Crippen LogP contribution in [0.4, 0.5) is 10.5 Å². The summed E-state index contributed by atoms with van der Waals surface area (Å²) >= 11 is 1.42. The van der Waals surface area contributed by atoms with Gasteiger partial charge in [0, 0.05) is 28.7 Å². The Morgan fingerprint density at radius 3 is 2.43 bits per heavy atom. The van der Waals surface area contributed by atoms with Gasteiger partial charge in [0.05, 0.1) is 27.6 Å². The monoisotopic (exact) mass is 604 g/mol. The van der Waals surface area contributed by atoms with E-state index in [0.29, 0.717) is 6.54 Å². The van der Waals surface area contributed by atoms with Crippen LogP contribution in [0.5, 0.6) is 0 Å². The molecule has 216 valence electrons. The van der Waals surface area contributed by atoms with Crippen LogP contribution in [0.2, 0.25) is 0 Å². The highest BCUT2D eigenvalue weighted by molar-refractivity contribution is 7.91. The highest BCUT2D eigenvalue weighted by atomic mass is 32.2. The van der Waals surface area contributed by atoms with Crippen molar-refractivity contribution < 1.29 is 27.5 Å². The van der Waals surface area contributed by atoms with Gasteiger partial charge in [-0.25, -0.2) is 18.2 Å². The molecule has 3 amide bonds. The largest absolute Gasteiger partial charge is 0.444 e. The first-order valence-electron chi connectivity index (χ1n) is 13.0. The molecule has 4 aromatic rings. The number of ether oxygens (including phenoxy) is 1. The average molecular weight is 605 g/mol. The SMILES string of the molecule is CC(C)(C)OC(=O)NCc1ccc(-c2ncc(CNC(=O)c3ccc4c(c3)NC(=O)c3ccccc3S4(=O)=O)s2)cc1. The minimum Gasteiger partial charge on any atom is -0.444 e. The number of alkyl carbamates (subject to hydrolysis) is 1. The lowest BCUT2D eigenvalue weighted by Gasteiger charge is -2.19. The van der Waals surface area contributed by atoms with Gasteiger partial charge in [-0.05, 0) is 56.7 Å². The maximum absolute atomic E-state index is 13.2. The molecule has 2 heterocycles. The number of amides is 3. The third-order valence-corrected chi connectivity index (χ3v) is 9.13. The zero-order valence-corrected chi connectivity index (χ0v) is 24.7. The van der Waals surface area contributed by atoms with Crippen molar-refractivity contribution in [3.8, 4) is 10.6 Å². The van der Waals surface area contributed by atoms with Gasteiger partial charge in [-0.15, -0.1) is 11.3 Å². The van der Waals surface area contributed by atoms with Crippen LogP contribution in [0.1, 0.15) is 51.9 Å². The van der Waals surface area contributed by atoms with E-state index in [0.717, 1.165) is 21.0 Å². The van der Waals surface area contributed by atoms with Crippen LogP contribution in [0.25, 0.3) is 10.6 Å². The van der Waals surface area contributed by atoms with Crippen LogP contribution in [0.3, 0.4) is 0 Å². The zero-order chi connectivity index (χ0) is 30.1. The van der Waals surface area contributed by atoms with Gasteiger partial charge in [-0.2, -0.15) is 0 Å². The summed E-state index contributed by atoms with van der Waals surface area (Å²) in [5, 5.41) is 8.93. The number of carbonyl (C=O) groups excluding carboxylic acids is 3. The second kappa shape index (κ2) is 11.4. The van der Waals surface area contributed by atoms with E-state index >= 15 is 0 Å². The number of anilines is 1. The first-order valence-corrected chi connectivity index (χ1v) is 15.3. The Morgan fingerprint density at radius 2 is 1.69 bits per heavy atom. The molecule has 0 bridgehead atoms. The van der Waals surface area contributed by atoms with Crippen molar-refractivity contribution in [2.45, 2.75) is 49.3 Å². The molecule has 0 aliphatic carbocycles. The number of aromatic nitrogens is 1. The van der Waals surface area contributed by atoms with Gasteiger partial charge < -0.3 is 20.7 Å². The molecule has 12 heteroatoms. The van der Waals surface area contributed by atoms with Gasteiger partial charge in [0.1, 0.15) is 10.6 Å². The highest BCUT2D eigenvalue weighted by Crippen LogP contribution is 2.34. The molecule has 5 rings (SSSR count). The van der Waals surface area contributed by atoms with Crippen molar-refractivity contribution in [2.24, 2.45) is 0 Å². The van der Waals surface area contributed by atoms with Crippen LogP contribution in [-0.2, 0) is 27.7 Å². The summed E-state index contributed by atoms with van der Waals surface area (Å²) in [4.78, 5) is 42.6. The fraction of sp³-hybridized carbons (Fsp3) is 0.200. The summed E-state index contributed by atoms with van der Waals surface area (Å²) in [6.07, 6.45) is 1.20. The Kier molecular flexibility index (Phi) is 7.85. The number of hydrogen-bond acceptors (Lipinski definition) is 8. The molecule has 0 unspecified atom stereocenters. The van der Waals surface area contributed by atoms with Crippen LogP contribution in [0, 0.1) is 0 Å². The smallest absolute Gasteiger partial charge is 0.407 e. The topological polar surface area (TPSA) is 144 Å². The third-order valence-electron chi connectivity index (χ3n) is 6.21. The van der Waals surface area contributed by atoms with Gasteiger partial charge >= 0.3 is 6.09 Å². The fourth-order valence-corrected chi connectivity index (χ4v) is 6.69. The molecule has 0 saturated carbocycles. The maximum Gasteiger partial charge on any atom is 0.407 e. The molecule has 1 aliphatic heterocycles. The molecule has 3 N–H and O–H groups in total. The van der Waals surface area contributed by atoms with E-state index < -0.39 is 33.3 Å². The lowest BCUT2D eigenvalue weighted by Crippen LogP contribution is -2.32. The van der Waals surface area contributed by atoms with E-state index in [4.69, 9.17) is 4.74 Å². The molecular formula is C30H28N4O6S2. The van der Waals surface area contributed by atoms with Gasteiger partial charge in [-0.1, -0.05) is 36.4 Å². The zero-order valence-electron chi connectivity index (χ0n) is 23.1. The number of nitrogens with zero attached hydrogens (tertiary/aromatic N) is 1. The van der Waals surface area contributed by atoms with Gasteiger partial charge in [0.15, 0.2) is 0 Å². The number of thiazole rings is 1. The Balaban J connectivity index is 1.21. The van der Waals surface area contributed by atoms with Crippen LogP contribution < -0.4 is 16.0 Å². The highest BCUT2D eigenvalue weighted by Gasteiger charge is 2.31. The molecule has 10 nitrogen and oxygen atoms in total. The summed E-state index contributed by atoms with van der Waals surface area (Å²) in [6.45, 7) is 5.95. The molecule has 3 aromatic carbocycles. The summed E-state index contributed by atoms with van der Waals surface area (Å²) in [5.74, 6) is -0.988. The maximum atomic E-state index is 13.2. The van der Waals surface area contributed by atoms with Crippen molar-refractivity contribution in [1.82, 2.24) is 15.6 Å². The molecule has 0 atom stereocenters. The Labute approximate surface area is 247 Å². The molecule has 1 aromatic heterocycles. The third kappa shape index (κ3) is 6.34. The van der Waals surface area contributed by atoms with Crippen LogP contribution in [-0.4, -0.2) is 36.9 Å². The van der Waals surface area contributed by atoms with E-state index in [1.807, 2.05) is 24.3 Å². The summed E-state index contributed by atoms with van der Waals surface area (Å²) in [7, 11) is -3.95. The first kappa shape index (κ1) is 29.0. The number of fused-ring (bicyclic) bond motifs is 2. The molecule has 0 spiro atoms. The van der Waals surface area contributed by atoms with E-state index in [1.54, 1.807) is 39.1 Å². The Morgan fingerprint density at radius 1 is 0.952 bits per heavy atom. The van der Waals surface area contributed by atoms with Crippen molar-refractivity contribution in [1.29, 1.82) is 0 Å². The quantitative estimate of drug-likeness (QED) is 0.276. The lowest BCUT2D eigenvalue weighted by molar-refractivity contribution is 0.0523. The molecule has 42 heavy (non-hydrogen) atoms. The van der Waals surface area contributed by atoms with Crippen molar-refractivity contribution in [3.63, 3.8) is 0 Å². The second-order valence-electron chi connectivity index (χ2n) is 10.5. The number of sulfone groups is 1. The minimum absolute atomic E-state index is 0.0489. The van der Waals surface area contributed by atoms with E-state index in [1.165, 1.54) is 41.7 Å². The Bertz CT molecular complexity index is 1790. The predicted molar refractivity (Wildman–Crippen MR) is 158 cm³/mol. The van der Waals surface area contributed by atoms with E-state index in [-0.39, 0.29) is 33.2 Å². The summed E-state index contributed by atoms with van der Waals surface area (Å²) in [6, 6.07) is 17.7. The van der Waals surface area contributed by atoms with Crippen molar-refractivity contribution in [2.75, 3.05) is 5.32 Å². The number of benzene rings is 3. The first-order chi connectivity index (χ1) is 19.9. The van der Waals surface area contributed by atoms with Gasteiger partial charge in [0.25, 0.3) is 11.8 Å². The number of hydrogen-bond donors (Lipinski definition) is 3. The molecule has 0 radical (unpaired) electrons.